The van der Waals surface area contributed by atoms with Crippen LogP contribution in [-0.2, 0) is 9.59 Å². The first kappa shape index (κ1) is 26.0. The van der Waals surface area contributed by atoms with Crippen molar-refractivity contribution < 1.29 is 29.0 Å². The maximum atomic E-state index is 13.0. The van der Waals surface area contributed by atoms with E-state index in [-0.39, 0.29) is 11.7 Å². The van der Waals surface area contributed by atoms with Crippen molar-refractivity contribution in [3.8, 4) is 0 Å². The standard InChI is InChI=1S/C21H24FN5O.C2H2O4/c1-3-27(4-2)21-25-18-8-6-5-7-17(18)19(26-21)23-13-14-24-20(28)15-9-11-16(22)12-10-15;3-1(4)2(5)6/h5-12H,3-4,13-14H2,1-2H3,(H,24,28)(H,23,25,26);(H,3,4)(H,5,6). The Balaban J connectivity index is 0.000000604. The van der Waals surface area contributed by atoms with Gasteiger partial charge in [-0.2, -0.15) is 4.98 Å². The number of nitrogens with one attached hydrogen (secondary N) is 2. The van der Waals surface area contributed by atoms with Crippen molar-refractivity contribution in [3.63, 3.8) is 0 Å². The Morgan fingerprint density at radius 1 is 0.912 bits per heavy atom. The minimum absolute atomic E-state index is 0.238. The highest BCUT2D eigenvalue weighted by molar-refractivity contribution is 6.27. The number of para-hydroxylation sites is 1. The zero-order valence-corrected chi connectivity index (χ0v) is 18.8. The number of fused-ring (bicyclic) bond motifs is 1. The first-order valence-electron chi connectivity index (χ1n) is 10.5. The van der Waals surface area contributed by atoms with E-state index < -0.39 is 11.9 Å². The number of anilines is 2. The third-order valence-electron chi connectivity index (χ3n) is 4.63. The maximum Gasteiger partial charge on any atom is 0.414 e. The van der Waals surface area contributed by atoms with Gasteiger partial charge in [0.2, 0.25) is 5.95 Å². The lowest BCUT2D eigenvalue weighted by molar-refractivity contribution is -0.159. The highest BCUT2D eigenvalue weighted by Crippen LogP contribution is 2.23. The highest BCUT2D eigenvalue weighted by atomic mass is 19.1. The van der Waals surface area contributed by atoms with Crippen LogP contribution in [0.4, 0.5) is 16.2 Å². The summed E-state index contributed by atoms with van der Waals surface area (Å²) in [7, 11) is 0. The summed E-state index contributed by atoms with van der Waals surface area (Å²) in [5.41, 5.74) is 1.30. The Kier molecular flexibility index (Phi) is 9.69. The Labute approximate surface area is 195 Å². The van der Waals surface area contributed by atoms with Crippen molar-refractivity contribution in [3.05, 3.63) is 59.9 Å². The normalized spacial score (nSPS) is 10.1. The molecule has 0 saturated heterocycles. The minimum atomic E-state index is -1.82. The molecule has 2 aromatic carbocycles. The lowest BCUT2D eigenvalue weighted by Crippen LogP contribution is -2.29. The average Bonchev–Trinajstić information content (AvgIpc) is 2.83. The smallest absolute Gasteiger partial charge is 0.414 e. The van der Waals surface area contributed by atoms with Crippen LogP contribution < -0.4 is 15.5 Å². The van der Waals surface area contributed by atoms with E-state index in [2.05, 4.69) is 39.3 Å². The summed E-state index contributed by atoms with van der Waals surface area (Å²) in [5.74, 6) is -2.83. The summed E-state index contributed by atoms with van der Waals surface area (Å²) in [6, 6.07) is 13.3. The van der Waals surface area contributed by atoms with Crippen LogP contribution in [0.3, 0.4) is 0 Å². The van der Waals surface area contributed by atoms with E-state index in [1.807, 2.05) is 24.3 Å². The number of carboxylic acids is 2. The number of aromatic nitrogens is 2. The fourth-order valence-electron chi connectivity index (χ4n) is 2.91. The van der Waals surface area contributed by atoms with Crippen LogP contribution in [0.1, 0.15) is 24.2 Å². The number of carbonyl (C=O) groups is 3. The van der Waals surface area contributed by atoms with Crippen molar-refractivity contribution >= 4 is 40.5 Å². The molecule has 10 nitrogen and oxygen atoms in total. The molecule has 0 fully saturated rings. The summed E-state index contributed by atoms with van der Waals surface area (Å²) >= 11 is 0. The number of carbonyl (C=O) groups excluding carboxylic acids is 1. The molecule has 0 aliphatic heterocycles. The Morgan fingerprint density at radius 2 is 1.53 bits per heavy atom. The number of aliphatic carboxylic acids is 2. The fourth-order valence-corrected chi connectivity index (χ4v) is 2.91. The number of rotatable bonds is 8. The van der Waals surface area contributed by atoms with E-state index in [1.165, 1.54) is 24.3 Å². The van der Waals surface area contributed by atoms with E-state index >= 15 is 0 Å². The Hall–Kier alpha value is -4.28. The third-order valence-corrected chi connectivity index (χ3v) is 4.63. The van der Waals surface area contributed by atoms with Gasteiger partial charge in [-0.15, -0.1) is 0 Å². The number of carboxylic acid groups (broad SMARTS) is 2. The van der Waals surface area contributed by atoms with Crippen LogP contribution in [0.15, 0.2) is 48.5 Å². The summed E-state index contributed by atoms with van der Waals surface area (Å²) in [5, 5.41) is 21.8. The maximum absolute atomic E-state index is 13.0. The van der Waals surface area contributed by atoms with Crippen molar-refractivity contribution in [1.29, 1.82) is 0 Å². The lowest BCUT2D eigenvalue weighted by atomic mass is 10.2. The van der Waals surface area contributed by atoms with E-state index in [4.69, 9.17) is 19.8 Å². The van der Waals surface area contributed by atoms with Gasteiger partial charge in [-0.3, -0.25) is 4.79 Å². The van der Waals surface area contributed by atoms with Gasteiger partial charge in [0.05, 0.1) is 5.52 Å². The second kappa shape index (κ2) is 12.7. The molecule has 1 heterocycles. The van der Waals surface area contributed by atoms with Crippen LogP contribution in [0.5, 0.6) is 0 Å². The third kappa shape index (κ3) is 7.40. The second-order valence-electron chi connectivity index (χ2n) is 6.86. The largest absolute Gasteiger partial charge is 0.473 e. The molecule has 180 valence electrons. The predicted molar refractivity (Wildman–Crippen MR) is 126 cm³/mol. The predicted octanol–water partition coefficient (Wildman–Crippen LogP) is 2.61. The molecule has 34 heavy (non-hydrogen) atoms. The topological polar surface area (TPSA) is 145 Å². The van der Waals surface area contributed by atoms with Crippen LogP contribution in [0.2, 0.25) is 0 Å². The van der Waals surface area contributed by atoms with E-state index in [0.717, 1.165) is 29.8 Å². The lowest BCUT2D eigenvalue weighted by Gasteiger charge is -2.20. The number of halogens is 1. The van der Waals surface area contributed by atoms with Gasteiger partial charge < -0.3 is 25.7 Å². The van der Waals surface area contributed by atoms with Gasteiger partial charge in [-0.1, -0.05) is 12.1 Å². The van der Waals surface area contributed by atoms with Crippen molar-refractivity contribution in [2.75, 3.05) is 36.4 Å². The van der Waals surface area contributed by atoms with Gasteiger partial charge in [0, 0.05) is 37.1 Å². The molecule has 1 aromatic heterocycles. The van der Waals surface area contributed by atoms with E-state index in [9.17, 15) is 9.18 Å². The van der Waals surface area contributed by atoms with Gasteiger partial charge in [-0.05, 0) is 50.2 Å². The van der Waals surface area contributed by atoms with Crippen molar-refractivity contribution in [2.45, 2.75) is 13.8 Å². The molecule has 0 radical (unpaired) electrons. The van der Waals surface area contributed by atoms with Crippen LogP contribution in [-0.4, -0.2) is 64.2 Å². The minimum Gasteiger partial charge on any atom is -0.473 e. The highest BCUT2D eigenvalue weighted by Gasteiger charge is 2.11. The zero-order valence-electron chi connectivity index (χ0n) is 18.8. The first-order chi connectivity index (χ1) is 16.3. The van der Waals surface area contributed by atoms with Crippen molar-refractivity contribution in [1.82, 2.24) is 15.3 Å². The molecule has 0 spiro atoms. The first-order valence-corrected chi connectivity index (χ1v) is 10.5. The van der Waals surface area contributed by atoms with Gasteiger partial charge in [-0.25, -0.2) is 19.0 Å². The number of amides is 1. The zero-order chi connectivity index (χ0) is 25.1. The molecule has 1 amide bonds. The Bertz CT molecular complexity index is 1120. The number of hydrogen-bond donors (Lipinski definition) is 4. The summed E-state index contributed by atoms with van der Waals surface area (Å²) < 4.78 is 13.0. The molecule has 3 aromatic rings. The number of benzene rings is 2. The van der Waals surface area contributed by atoms with Gasteiger partial charge >= 0.3 is 11.9 Å². The van der Waals surface area contributed by atoms with Crippen LogP contribution in [0.25, 0.3) is 10.9 Å². The van der Waals surface area contributed by atoms with Crippen LogP contribution >= 0.6 is 0 Å². The van der Waals surface area contributed by atoms with E-state index in [0.29, 0.717) is 24.6 Å². The van der Waals surface area contributed by atoms with Crippen molar-refractivity contribution in [2.24, 2.45) is 0 Å². The molecule has 0 aliphatic carbocycles. The van der Waals surface area contributed by atoms with Gasteiger partial charge in [0.15, 0.2) is 0 Å². The molecule has 0 aliphatic rings. The van der Waals surface area contributed by atoms with Crippen LogP contribution in [0, 0.1) is 5.82 Å². The monoisotopic (exact) mass is 471 g/mol. The summed E-state index contributed by atoms with van der Waals surface area (Å²) in [6.07, 6.45) is 0. The molecule has 0 bridgehead atoms. The van der Waals surface area contributed by atoms with E-state index in [1.54, 1.807) is 0 Å². The molecular weight excluding hydrogens is 445 g/mol. The molecule has 0 atom stereocenters. The molecule has 0 unspecified atom stereocenters. The summed E-state index contributed by atoms with van der Waals surface area (Å²) in [6.45, 7) is 6.70. The molecule has 3 rings (SSSR count). The fraction of sp³-hybridized carbons (Fsp3) is 0.261. The molecule has 0 saturated carbocycles. The van der Waals surface area contributed by atoms with Gasteiger partial charge in [0.1, 0.15) is 11.6 Å². The Morgan fingerprint density at radius 3 is 2.12 bits per heavy atom. The number of hydrogen-bond acceptors (Lipinski definition) is 7. The molecular formula is C23H26FN5O5. The second-order valence-corrected chi connectivity index (χ2v) is 6.86. The molecule has 11 heteroatoms. The SMILES string of the molecule is CCN(CC)c1nc(NCCNC(=O)c2ccc(F)cc2)c2ccccc2n1.O=C(O)C(=O)O. The molecule has 4 N–H and O–H groups in total. The average molecular weight is 471 g/mol. The number of nitrogens with zero attached hydrogens (tertiary/aromatic N) is 3. The van der Waals surface area contributed by atoms with Gasteiger partial charge in [0.25, 0.3) is 5.91 Å². The summed E-state index contributed by atoms with van der Waals surface area (Å²) in [4.78, 5) is 41.7. The quantitative estimate of drug-likeness (QED) is 0.288.